The average molecular weight is 346 g/mol. The van der Waals surface area contributed by atoms with E-state index in [0.717, 1.165) is 5.69 Å². The van der Waals surface area contributed by atoms with Crippen LogP contribution in [0.3, 0.4) is 0 Å². The summed E-state index contributed by atoms with van der Waals surface area (Å²) in [5, 5.41) is 0. The molecule has 0 aromatic heterocycles. The molecule has 0 N–H and O–H groups in total. The molecule has 0 saturated carbocycles. The normalized spacial score (nSPS) is 11.8. The molecule has 1 amide bonds. The molecule has 0 aliphatic heterocycles. The summed E-state index contributed by atoms with van der Waals surface area (Å²) in [6, 6.07) is 15.2. The zero-order valence-electron chi connectivity index (χ0n) is 14.3. The first-order chi connectivity index (χ1) is 11.2. The SMILES string of the molecule is CC(C)N(C)S(=O)(=O)c1ccc(C(=O)N(C)c2ccccc2)cc1. The lowest BCUT2D eigenvalue weighted by atomic mass is 10.2. The van der Waals surface area contributed by atoms with Gasteiger partial charge in [-0.2, -0.15) is 4.31 Å². The average Bonchev–Trinajstić information content (AvgIpc) is 2.60. The summed E-state index contributed by atoms with van der Waals surface area (Å²) in [7, 11) is -0.311. The van der Waals surface area contributed by atoms with Crippen molar-refractivity contribution in [3.63, 3.8) is 0 Å². The Morgan fingerprint density at radius 2 is 1.46 bits per heavy atom. The van der Waals surface area contributed by atoms with Gasteiger partial charge in [-0.1, -0.05) is 18.2 Å². The number of sulfonamides is 1. The molecule has 0 atom stereocenters. The minimum Gasteiger partial charge on any atom is -0.311 e. The Bertz CT molecular complexity index is 800. The Kier molecular flexibility index (Phi) is 5.41. The first-order valence-electron chi connectivity index (χ1n) is 7.66. The molecular weight excluding hydrogens is 324 g/mol. The van der Waals surface area contributed by atoms with Crippen LogP contribution in [-0.4, -0.2) is 38.8 Å². The number of nitrogens with zero attached hydrogens (tertiary/aromatic N) is 2. The van der Waals surface area contributed by atoms with Crippen molar-refractivity contribution in [1.82, 2.24) is 4.31 Å². The van der Waals surface area contributed by atoms with Gasteiger partial charge in [-0.05, 0) is 50.2 Å². The van der Waals surface area contributed by atoms with E-state index in [1.165, 1.54) is 21.3 Å². The van der Waals surface area contributed by atoms with Crippen molar-refractivity contribution in [2.24, 2.45) is 0 Å². The molecule has 0 bridgehead atoms. The Hall–Kier alpha value is -2.18. The Balaban J connectivity index is 2.25. The van der Waals surface area contributed by atoms with Crippen LogP contribution in [0, 0.1) is 0 Å². The van der Waals surface area contributed by atoms with Crippen LogP contribution in [-0.2, 0) is 10.0 Å². The molecule has 2 aromatic rings. The van der Waals surface area contributed by atoms with Crippen molar-refractivity contribution in [2.45, 2.75) is 24.8 Å². The maximum atomic E-state index is 12.5. The number of anilines is 1. The third-order valence-corrected chi connectivity index (χ3v) is 6.00. The quantitative estimate of drug-likeness (QED) is 0.836. The second kappa shape index (κ2) is 7.15. The van der Waals surface area contributed by atoms with Crippen LogP contribution in [0.4, 0.5) is 5.69 Å². The fourth-order valence-electron chi connectivity index (χ4n) is 2.18. The van der Waals surface area contributed by atoms with Crippen molar-refractivity contribution in [3.8, 4) is 0 Å². The molecule has 0 unspecified atom stereocenters. The molecule has 2 rings (SSSR count). The molecule has 24 heavy (non-hydrogen) atoms. The fraction of sp³-hybridized carbons (Fsp3) is 0.278. The molecule has 0 heterocycles. The summed E-state index contributed by atoms with van der Waals surface area (Å²) in [6.07, 6.45) is 0. The number of amides is 1. The number of benzene rings is 2. The van der Waals surface area contributed by atoms with Gasteiger partial charge in [-0.3, -0.25) is 4.79 Å². The summed E-state index contributed by atoms with van der Waals surface area (Å²) < 4.78 is 26.2. The van der Waals surface area contributed by atoms with Gasteiger partial charge >= 0.3 is 0 Å². The van der Waals surface area contributed by atoms with E-state index in [4.69, 9.17) is 0 Å². The molecule has 128 valence electrons. The largest absolute Gasteiger partial charge is 0.311 e. The first kappa shape index (κ1) is 18.2. The summed E-state index contributed by atoms with van der Waals surface area (Å²) in [6.45, 7) is 3.62. The van der Waals surface area contributed by atoms with Crippen molar-refractivity contribution in [2.75, 3.05) is 19.0 Å². The van der Waals surface area contributed by atoms with E-state index in [1.807, 2.05) is 44.2 Å². The fourth-order valence-corrected chi connectivity index (χ4v) is 3.54. The summed E-state index contributed by atoms with van der Waals surface area (Å²) >= 11 is 0. The molecule has 0 saturated heterocycles. The molecule has 6 heteroatoms. The predicted molar refractivity (Wildman–Crippen MR) is 95.7 cm³/mol. The molecular formula is C18H22N2O3S. The van der Waals surface area contributed by atoms with E-state index in [2.05, 4.69) is 0 Å². The highest BCUT2D eigenvalue weighted by Crippen LogP contribution is 2.19. The third kappa shape index (κ3) is 3.66. The second-order valence-electron chi connectivity index (χ2n) is 5.84. The summed E-state index contributed by atoms with van der Waals surface area (Å²) in [4.78, 5) is 14.2. The highest BCUT2D eigenvalue weighted by Gasteiger charge is 2.23. The molecule has 0 aliphatic carbocycles. The van der Waals surface area contributed by atoms with Crippen LogP contribution in [0.1, 0.15) is 24.2 Å². The third-order valence-electron chi connectivity index (χ3n) is 3.95. The number of hydrogen-bond donors (Lipinski definition) is 0. The highest BCUT2D eigenvalue weighted by atomic mass is 32.2. The van der Waals surface area contributed by atoms with Gasteiger partial charge < -0.3 is 4.90 Å². The van der Waals surface area contributed by atoms with Crippen LogP contribution in [0.15, 0.2) is 59.5 Å². The van der Waals surface area contributed by atoms with Gasteiger partial charge in [0.2, 0.25) is 10.0 Å². The molecule has 0 aliphatic rings. The maximum absolute atomic E-state index is 12.5. The standard InChI is InChI=1S/C18H22N2O3S/c1-14(2)20(4)24(22,23)17-12-10-15(11-13-17)18(21)19(3)16-8-6-5-7-9-16/h5-14H,1-4H3. The minimum atomic E-state index is -3.54. The topological polar surface area (TPSA) is 57.7 Å². The molecule has 0 radical (unpaired) electrons. The molecule has 5 nitrogen and oxygen atoms in total. The number of carbonyl (C=O) groups excluding carboxylic acids is 1. The zero-order chi connectivity index (χ0) is 17.9. The van der Waals surface area contributed by atoms with Crippen molar-refractivity contribution >= 4 is 21.6 Å². The Morgan fingerprint density at radius 3 is 1.96 bits per heavy atom. The zero-order valence-corrected chi connectivity index (χ0v) is 15.1. The van der Waals surface area contributed by atoms with Crippen LogP contribution in [0.5, 0.6) is 0 Å². The van der Waals surface area contributed by atoms with Gasteiger partial charge in [0.15, 0.2) is 0 Å². The van der Waals surface area contributed by atoms with E-state index in [1.54, 1.807) is 26.2 Å². The van der Waals surface area contributed by atoms with E-state index in [0.29, 0.717) is 5.56 Å². The van der Waals surface area contributed by atoms with Crippen LogP contribution in [0.25, 0.3) is 0 Å². The Labute approximate surface area is 143 Å². The van der Waals surface area contributed by atoms with Gasteiger partial charge in [0.05, 0.1) is 4.90 Å². The van der Waals surface area contributed by atoms with Crippen molar-refractivity contribution in [1.29, 1.82) is 0 Å². The van der Waals surface area contributed by atoms with Gasteiger partial charge in [-0.25, -0.2) is 8.42 Å². The van der Waals surface area contributed by atoms with Crippen LogP contribution in [0.2, 0.25) is 0 Å². The number of carbonyl (C=O) groups is 1. The number of para-hydroxylation sites is 1. The highest BCUT2D eigenvalue weighted by molar-refractivity contribution is 7.89. The minimum absolute atomic E-state index is 0.138. The molecule has 0 spiro atoms. The van der Waals surface area contributed by atoms with Crippen molar-refractivity contribution < 1.29 is 13.2 Å². The lowest BCUT2D eigenvalue weighted by Crippen LogP contribution is -2.33. The first-order valence-corrected chi connectivity index (χ1v) is 9.10. The van der Waals surface area contributed by atoms with Crippen LogP contribution >= 0.6 is 0 Å². The van der Waals surface area contributed by atoms with E-state index in [-0.39, 0.29) is 16.8 Å². The number of rotatable bonds is 5. The monoisotopic (exact) mass is 346 g/mol. The summed E-state index contributed by atoms with van der Waals surface area (Å²) in [5.41, 5.74) is 1.21. The van der Waals surface area contributed by atoms with E-state index >= 15 is 0 Å². The maximum Gasteiger partial charge on any atom is 0.258 e. The Morgan fingerprint density at radius 1 is 0.917 bits per heavy atom. The lowest BCUT2D eigenvalue weighted by molar-refractivity contribution is 0.0993. The predicted octanol–water partition coefficient (Wildman–Crippen LogP) is 2.99. The van der Waals surface area contributed by atoms with Gasteiger partial charge in [0.25, 0.3) is 5.91 Å². The van der Waals surface area contributed by atoms with Gasteiger partial charge in [0, 0.05) is 31.4 Å². The summed E-state index contributed by atoms with van der Waals surface area (Å²) in [5.74, 6) is -0.192. The number of hydrogen-bond acceptors (Lipinski definition) is 3. The van der Waals surface area contributed by atoms with E-state index < -0.39 is 10.0 Å². The smallest absolute Gasteiger partial charge is 0.258 e. The van der Waals surface area contributed by atoms with Crippen molar-refractivity contribution in [3.05, 3.63) is 60.2 Å². The molecule has 2 aromatic carbocycles. The van der Waals surface area contributed by atoms with E-state index in [9.17, 15) is 13.2 Å². The lowest BCUT2D eigenvalue weighted by Gasteiger charge is -2.21. The van der Waals surface area contributed by atoms with Gasteiger partial charge in [0.1, 0.15) is 0 Å². The van der Waals surface area contributed by atoms with Crippen LogP contribution < -0.4 is 4.90 Å². The molecule has 0 fully saturated rings. The second-order valence-corrected chi connectivity index (χ2v) is 7.84. The van der Waals surface area contributed by atoms with Gasteiger partial charge in [-0.15, -0.1) is 0 Å².